The largest absolute Gasteiger partial charge is 0.285 e. The van der Waals surface area contributed by atoms with Crippen molar-refractivity contribution in [1.82, 2.24) is 4.90 Å². The van der Waals surface area contributed by atoms with Crippen LogP contribution in [0.4, 0.5) is 5.69 Å². The van der Waals surface area contributed by atoms with E-state index in [9.17, 15) is 4.79 Å². The van der Waals surface area contributed by atoms with E-state index in [2.05, 4.69) is 4.99 Å². The molecule has 1 aliphatic heterocycles. The molecule has 102 valence electrons. The molecule has 1 fully saturated rings. The number of halogens is 1. The lowest BCUT2D eigenvalue weighted by Gasteiger charge is -2.14. The number of nitrogens with zero attached hydrogens (tertiary/aromatic N) is 2. The predicted octanol–water partition coefficient (Wildman–Crippen LogP) is 4.16. The van der Waals surface area contributed by atoms with Crippen LogP contribution in [0.15, 0.2) is 46.8 Å². The van der Waals surface area contributed by atoms with E-state index < -0.39 is 0 Å². The molecule has 6 heteroatoms. The molecular formula is C14H11ClN2OS2. The van der Waals surface area contributed by atoms with Gasteiger partial charge in [0.05, 0.1) is 18.0 Å². The van der Waals surface area contributed by atoms with Crippen LogP contribution >= 0.6 is 34.7 Å². The summed E-state index contributed by atoms with van der Waals surface area (Å²) in [4.78, 5) is 19.4. The van der Waals surface area contributed by atoms with Gasteiger partial charge in [-0.15, -0.1) is 11.3 Å². The van der Waals surface area contributed by atoms with E-state index in [4.69, 9.17) is 11.6 Å². The molecular weight excluding hydrogens is 312 g/mol. The lowest BCUT2D eigenvalue weighted by molar-refractivity contribution is -0.124. The van der Waals surface area contributed by atoms with Gasteiger partial charge in [-0.2, -0.15) is 0 Å². The third-order valence-electron chi connectivity index (χ3n) is 2.78. The fraction of sp³-hybridized carbons (Fsp3) is 0.143. The molecule has 1 amide bonds. The van der Waals surface area contributed by atoms with Crippen molar-refractivity contribution in [2.75, 3.05) is 5.75 Å². The first-order valence-electron chi connectivity index (χ1n) is 6.02. The average Bonchev–Trinajstić information content (AvgIpc) is 3.04. The van der Waals surface area contributed by atoms with Gasteiger partial charge in [-0.3, -0.25) is 9.69 Å². The number of carbonyl (C=O) groups excluding carboxylic acids is 1. The number of thiophene rings is 1. The van der Waals surface area contributed by atoms with Gasteiger partial charge in [0, 0.05) is 9.90 Å². The van der Waals surface area contributed by atoms with Crippen molar-refractivity contribution in [3.05, 3.63) is 51.7 Å². The number of thioether (sulfide) groups is 1. The summed E-state index contributed by atoms with van der Waals surface area (Å²) in [5.41, 5.74) is 0.769. The SMILES string of the molecule is O=C1CSC(=Nc2cccc(Cl)c2)N1Cc1cccs1. The standard InChI is InChI=1S/C14H11ClN2OS2/c15-10-3-1-4-11(7-10)16-14-17(13(18)9-20-14)8-12-5-2-6-19-12/h1-7H,8-9H2. The van der Waals surface area contributed by atoms with Gasteiger partial charge in [0.25, 0.3) is 0 Å². The van der Waals surface area contributed by atoms with Gasteiger partial charge in [0.2, 0.25) is 5.91 Å². The van der Waals surface area contributed by atoms with E-state index in [1.807, 2.05) is 35.7 Å². The Morgan fingerprint density at radius 1 is 1.30 bits per heavy atom. The first-order valence-corrected chi connectivity index (χ1v) is 8.26. The van der Waals surface area contributed by atoms with Gasteiger partial charge in [-0.1, -0.05) is 35.5 Å². The highest BCUT2D eigenvalue weighted by atomic mass is 35.5. The van der Waals surface area contributed by atoms with E-state index >= 15 is 0 Å². The summed E-state index contributed by atoms with van der Waals surface area (Å²) in [6.45, 7) is 0.586. The molecule has 1 aromatic heterocycles. The Kier molecular flexibility index (Phi) is 4.10. The molecule has 3 rings (SSSR count). The van der Waals surface area contributed by atoms with E-state index in [1.165, 1.54) is 11.8 Å². The van der Waals surface area contributed by atoms with E-state index in [0.717, 1.165) is 15.7 Å². The minimum absolute atomic E-state index is 0.101. The molecule has 0 aliphatic carbocycles. The molecule has 0 atom stereocenters. The lowest BCUT2D eigenvalue weighted by Crippen LogP contribution is -2.28. The number of carbonyl (C=O) groups is 1. The lowest BCUT2D eigenvalue weighted by atomic mass is 10.3. The Morgan fingerprint density at radius 2 is 2.20 bits per heavy atom. The van der Waals surface area contributed by atoms with Crippen LogP contribution in [0.25, 0.3) is 0 Å². The smallest absolute Gasteiger partial charge is 0.239 e. The first kappa shape index (κ1) is 13.7. The Morgan fingerprint density at radius 3 is 2.95 bits per heavy atom. The highest BCUT2D eigenvalue weighted by molar-refractivity contribution is 8.15. The Balaban J connectivity index is 1.86. The summed E-state index contributed by atoms with van der Waals surface area (Å²) in [5, 5.41) is 3.40. The van der Waals surface area contributed by atoms with Gasteiger partial charge in [0.1, 0.15) is 0 Å². The highest BCUT2D eigenvalue weighted by Crippen LogP contribution is 2.27. The summed E-state index contributed by atoms with van der Waals surface area (Å²) in [6.07, 6.45) is 0. The summed E-state index contributed by atoms with van der Waals surface area (Å²) in [7, 11) is 0. The van der Waals surface area contributed by atoms with Crippen LogP contribution in [0, 0.1) is 0 Å². The van der Waals surface area contributed by atoms with E-state index in [0.29, 0.717) is 17.3 Å². The fourth-order valence-corrected chi connectivity index (χ4v) is 3.63. The molecule has 0 bridgehead atoms. The van der Waals surface area contributed by atoms with Crippen LogP contribution in [0.1, 0.15) is 4.88 Å². The molecule has 0 N–H and O–H groups in total. The second-order valence-corrected chi connectivity index (χ2v) is 6.63. The second kappa shape index (κ2) is 5.99. The zero-order chi connectivity index (χ0) is 13.9. The van der Waals surface area contributed by atoms with Crippen molar-refractivity contribution >= 4 is 51.5 Å². The van der Waals surface area contributed by atoms with Gasteiger partial charge in [0.15, 0.2) is 5.17 Å². The van der Waals surface area contributed by atoms with Crippen molar-refractivity contribution in [2.24, 2.45) is 4.99 Å². The number of hydrogen-bond donors (Lipinski definition) is 0. The Bertz CT molecular complexity index is 655. The first-order chi connectivity index (χ1) is 9.72. The normalized spacial score (nSPS) is 17.1. The minimum Gasteiger partial charge on any atom is -0.285 e. The number of amides is 1. The topological polar surface area (TPSA) is 32.7 Å². The quantitative estimate of drug-likeness (QED) is 0.849. The maximum absolute atomic E-state index is 12.0. The van der Waals surface area contributed by atoms with Crippen LogP contribution in [-0.2, 0) is 11.3 Å². The monoisotopic (exact) mass is 322 g/mol. The van der Waals surface area contributed by atoms with E-state index in [-0.39, 0.29) is 5.91 Å². The summed E-state index contributed by atoms with van der Waals surface area (Å²) >= 11 is 9.07. The zero-order valence-corrected chi connectivity index (χ0v) is 12.8. The molecule has 1 aliphatic rings. The van der Waals surface area contributed by atoms with Crippen LogP contribution < -0.4 is 0 Å². The van der Waals surface area contributed by atoms with E-state index in [1.54, 1.807) is 22.3 Å². The maximum atomic E-state index is 12.0. The number of rotatable bonds is 3. The molecule has 1 aromatic carbocycles. The molecule has 1 saturated heterocycles. The van der Waals surface area contributed by atoms with Gasteiger partial charge >= 0.3 is 0 Å². The summed E-state index contributed by atoms with van der Waals surface area (Å²) < 4.78 is 0. The zero-order valence-electron chi connectivity index (χ0n) is 10.5. The van der Waals surface area contributed by atoms with Crippen LogP contribution in [0.5, 0.6) is 0 Å². The number of benzene rings is 1. The molecule has 2 heterocycles. The summed E-state index contributed by atoms with van der Waals surface area (Å²) in [5.74, 6) is 0.550. The van der Waals surface area contributed by atoms with Gasteiger partial charge < -0.3 is 0 Å². The predicted molar refractivity (Wildman–Crippen MR) is 85.9 cm³/mol. The second-order valence-electron chi connectivity index (χ2n) is 4.22. The molecule has 0 radical (unpaired) electrons. The third kappa shape index (κ3) is 3.06. The third-order valence-corrected chi connectivity index (χ3v) is 4.84. The van der Waals surface area contributed by atoms with Crippen molar-refractivity contribution in [1.29, 1.82) is 0 Å². The minimum atomic E-state index is 0.101. The maximum Gasteiger partial charge on any atom is 0.239 e. The van der Waals surface area contributed by atoms with Crippen molar-refractivity contribution < 1.29 is 4.79 Å². The number of hydrogen-bond acceptors (Lipinski definition) is 4. The van der Waals surface area contributed by atoms with Crippen LogP contribution in [0.3, 0.4) is 0 Å². The van der Waals surface area contributed by atoms with Gasteiger partial charge in [-0.25, -0.2) is 4.99 Å². The molecule has 0 unspecified atom stereocenters. The molecule has 0 spiro atoms. The molecule has 3 nitrogen and oxygen atoms in total. The van der Waals surface area contributed by atoms with Gasteiger partial charge in [-0.05, 0) is 29.6 Å². The Hall–Kier alpha value is -1.30. The average molecular weight is 323 g/mol. The van der Waals surface area contributed by atoms with Crippen molar-refractivity contribution in [3.8, 4) is 0 Å². The molecule has 0 saturated carbocycles. The van der Waals surface area contributed by atoms with Crippen molar-refractivity contribution in [2.45, 2.75) is 6.54 Å². The number of aliphatic imine (C=N–C) groups is 1. The van der Waals surface area contributed by atoms with Crippen molar-refractivity contribution in [3.63, 3.8) is 0 Å². The highest BCUT2D eigenvalue weighted by Gasteiger charge is 2.28. The molecule has 20 heavy (non-hydrogen) atoms. The van der Waals surface area contributed by atoms with Crippen LogP contribution in [0.2, 0.25) is 5.02 Å². The molecule has 2 aromatic rings. The van der Waals surface area contributed by atoms with Crippen LogP contribution in [-0.4, -0.2) is 21.7 Å². The Labute approximate surface area is 130 Å². The fourth-order valence-electron chi connectivity index (χ4n) is 1.85. The number of amidine groups is 1. The summed E-state index contributed by atoms with van der Waals surface area (Å²) in [6, 6.07) is 11.3.